The molecule has 1 aliphatic rings. The number of nitrogens with one attached hydrogen (secondary N) is 3. The van der Waals surface area contributed by atoms with E-state index < -0.39 is 30.2 Å². The number of alkyl carbamates (subject to hydrolysis) is 1. The van der Waals surface area contributed by atoms with Crippen LogP contribution in [-0.2, 0) is 38.2 Å². The predicted octanol–water partition coefficient (Wildman–Crippen LogP) is -1.41. The highest BCUT2D eigenvalue weighted by molar-refractivity contribution is 6.01. The molecule has 174 valence electrons. The standard InChI is InChI=1S/C17H26N4O10/c1-11(22)19-9-13(10-20-12(2)23)30-16(26)18-5-6-28-7-8-29-17(27)31-21-14(24)3-4-15(21)25/h13H,3-10H2,1-2H3,(H,18,26)(H,19,22)(H,20,23). The van der Waals surface area contributed by atoms with Crippen LogP contribution in [0.25, 0.3) is 0 Å². The minimum Gasteiger partial charge on any atom is -0.442 e. The Morgan fingerprint density at radius 1 is 0.903 bits per heavy atom. The Labute approximate surface area is 177 Å². The van der Waals surface area contributed by atoms with Crippen molar-refractivity contribution < 1.29 is 47.8 Å². The molecule has 0 aromatic rings. The molecule has 31 heavy (non-hydrogen) atoms. The van der Waals surface area contributed by atoms with Gasteiger partial charge in [-0.05, 0) is 0 Å². The van der Waals surface area contributed by atoms with Crippen molar-refractivity contribution in [3.05, 3.63) is 0 Å². The van der Waals surface area contributed by atoms with Crippen LogP contribution in [0.2, 0.25) is 0 Å². The molecule has 0 aliphatic carbocycles. The monoisotopic (exact) mass is 446 g/mol. The Morgan fingerprint density at radius 2 is 1.48 bits per heavy atom. The van der Waals surface area contributed by atoms with Crippen molar-refractivity contribution in [1.29, 1.82) is 0 Å². The fourth-order valence-electron chi connectivity index (χ4n) is 2.13. The van der Waals surface area contributed by atoms with E-state index in [4.69, 9.17) is 9.47 Å². The van der Waals surface area contributed by atoms with Gasteiger partial charge in [-0.25, -0.2) is 9.59 Å². The molecule has 5 amide bonds. The van der Waals surface area contributed by atoms with Crippen LogP contribution in [0.5, 0.6) is 0 Å². The van der Waals surface area contributed by atoms with Crippen LogP contribution in [-0.4, -0.2) is 86.5 Å². The van der Waals surface area contributed by atoms with Gasteiger partial charge in [0.1, 0.15) is 12.7 Å². The Bertz CT molecular complexity index is 650. The molecular formula is C17H26N4O10. The fourth-order valence-corrected chi connectivity index (χ4v) is 2.13. The van der Waals surface area contributed by atoms with Crippen molar-refractivity contribution in [3.8, 4) is 0 Å². The molecule has 1 heterocycles. The van der Waals surface area contributed by atoms with Crippen LogP contribution in [0, 0.1) is 0 Å². The summed E-state index contributed by atoms with van der Waals surface area (Å²) in [6, 6.07) is 0. The van der Waals surface area contributed by atoms with E-state index in [1.165, 1.54) is 13.8 Å². The summed E-state index contributed by atoms with van der Waals surface area (Å²) >= 11 is 0. The average Bonchev–Trinajstić information content (AvgIpc) is 3.01. The molecule has 3 N–H and O–H groups in total. The van der Waals surface area contributed by atoms with Gasteiger partial charge in [-0.2, -0.15) is 0 Å². The van der Waals surface area contributed by atoms with E-state index in [9.17, 15) is 28.8 Å². The van der Waals surface area contributed by atoms with Crippen LogP contribution in [0.15, 0.2) is 0 Å². The second-order valence-corrected chi connectivity index (χ2v) is 6.21. The highest BCUT2D eigenvalue weighted by Crippen LogP contribution is 2.12. The molecule has 0 saturated carbocycles. The number of hydroxylamine groups is 2. The molecule has 0 unspecified atom stereocenters. The Kier molecular flexibility index (Phi) is 11.4. The lowest BCUT2D eigenvalue weighted by molar-refractivity contribution is -0.177. The number of nitrogens with zero attached hydrogens (tertiary/aromatic N) is 1. The summed E-state index contributed by atoms with van der Waals surface area (Å²) in [4.78, 5) is 72.2. The lowest BCUT2D eigenvalue weighted by Crippen LogP contribution is -2.43. The third kappa shape index (κ3) is 11.4. The van der Waals surface area contributed by atoms with Gasteiger partial charge in [0.15, 0.2) is 0 Å². The number of hydrogen-bond acceptors (Lipinski definition) is 10. The van der Waals surface area contributed by atoms with Crippen LogP contribution in [0.1, 0.15) is 26.7 Å². The van der Waals surface area contributed by atoms with Crippen LogP contribution in [0.4, 0.5) is 9.59 Å². The van der Waals surface area contributed by atoms with E-state index in [0.29, 0.717) is 5.06 Å². The molecular weight excluding hydrogens is 420 g/mol. The number of amides is 5. The van der Waals surface area contributed by atoms with E-state index in [0.717, 1.165) is 0 Å². The second kappa shape index (κ2) is 13.7. The van der Waals surface area contributed by atoms with E-state index in [1.807, 2.05) is 0 Å². The van der Waals surface area contributed by atoms with Gasteiger partial charge in [0.05, 0.1) is 26.3 Å². The highest BCUT2D eigenvalue weighted by atomic mass is 16.8. The topological polar surface area (TPSA) is 179 Å². The molecule has 0 aromatic heterocycles. The van der Waals surface area contributed by atoms with Gasteiger partial charge in [-0.3, -0.25) is 24.0 Å². The average molecular weight is 446 g/mol. The maximum Gasteiger partial charge on any atom is 0.534 e. The third-order valence-corrected chi connectivity index (χ3v) is 3.57. The predicted molar refractivity (Wildman–Crippen MR) is 100.0 cm³/mol. The van der Waals surface area contributed by atoms with Crippen molar-refractivity contribution in [2.24, 2.45) is 0 Å². The number of ether oxygens (including phenoxy) is 3. The molecule has 0 bridgehead atoms. The Balaban J connectivity index is 2.13. The Hall–Kier alpha value is -3.42. The van der Waals surface area contributed by atoms with Gasteiger partial charge in [-0.15, -0.1) is 0 Å². The quantitative estimate of drug-likeness (QED) is 0.183. The van der Waals surface area contributed by atoms with E-state index in [1.54, 1.807) is 0 Å². The molecule has 1 rings (SSSR count). The number of imide groups is 1. The fraction of sp³-hybridized carbons (Fsp3) is 0.647. The minimum absolute atomic E-state index is 0.0219. The lowest BCUT2D eigenvalue weighted by Gasteiger charge is -2.18. The SMILES string of the molecule is CC(=O)NCC(CNC(C)=O)OC(=O)NCCOCCOC(=O)ON1C(=O)CCC1=O. The van der Waals surface area contributed by atoms with E-state index in [2.05, 4.69) is 25.5 Å². The summed E-state index contributed by atoms with van der Waals surface area (Å²) in [5, 5.41) is 7.76. The first-order valence-electron chi connectivity index (χ1n) is 9.40. The highest BCUT2D eigenvalue weighted by Gasteiger charge is 2.33. The zero-order chi connectivity index (χ0) is 23.2. The zero-order valence-corrected chi connectivity index (χ0v) is 17.3. The molecule has 0 radical (unpaired) electrons. The third-order valence-electron chi connectivity index (χ3n) is 3.57. The van der Waals surface area contributed by atoms with Crippen molar-refractivity contribution in [2.45, 2.75) is 32.8 Å². The molecule has 1 saturated heterocycles. The normalized spacial score (nSPS) is 13.1. The van der Waals surface area contributed by atoms with Gasteiger partial charge in [0.25, 0.3) is 11.8 Å². The van der Waals surface area contributed by atoms with Gasteiger partial charge in [0.2, 0.25) is 11.8 Å². The molecule has 0 aromatic carbocycles. The number of carbonyl (C=O) groups excluding carboxylic acids is 6. The molecule has 0 spiro atoms. The first-order chi connectivity index (χ1) is 14.7. The summed E-state index contributed by atoms with van der Waals surface area (Å²) in [6.45, 7) is 2.59. The maximum absolute atomic E-state index is 11.8. The first-order valence-corrected chi connectivity index (χ1v) is 9.40. The second-order valence-electron chi connectivity index (χ2n) is 6.21. The smallest absolute Gasteiger partial charge is 0.442 e. The van der Waals surface area contributed by atoms with Crippen molar-refractivity contribution in [3.63, 3.8) is 0 Å². The molecule has 1 fully saturated rings. The molecule has 14 heteroatoms. The summed E-state index contributed by atoms with van der Waals surface area (Å²) in [7, 11) is 0. The van der Waals surface area contributed by atoms with Gasteiger partial charge < -0.3 is 30.2 Å². The van der Waals surface area contributed by atoms with Crippen LogP contribution < -0.4 is 16.0 Å². The summed E-state index contributed by atoms with van der Waals surface area (Å²) in [5.74, 6) is -1.86. The van der Waals surface area contributed by atoms with Gasteiger partial charge >= 0.3 is 12.2 Å². The first kappa shape index (κ1) is 25.6. The summed E-state index contributed by atoms with van der Waals surface area (Å²) in [5.41, 5.74) is 0. The maximum atomic E-state index is 11.8. The van der Waals surface area contributed by atoms with Gasteiger partial charge in [-0.1, -0.05) is 5.06 Å². The largest absolute Gasteiger partial charge is 0.534 e. The van der Waals surface area contributed by atoms with Crippen molar-refractivity contribution >= 4 is 35.9 Å². The van der Waals surface area contributed by atoms with E-state index in [-0.39, 0.29) is 64.1 Å². The van der Waals surface area contributed by atoms with Crippen LogP contribution >= 0.6 is 0 Å². The zero-order valence-electron chi connectivity index (χ0n) is 17.3. The Morgan fingerprint density at radius 3 is 2.03 bits per heavy atom. The lowest BCUT2D eigenvalue weighted by atomic mass is 10.3. The van der Waals surface area contributed by atoms with Crippen molar-refractivity contribution in [1.82, 2.24) is 21.0 Å². The number of hydrogen-bond donors (Lipinski definition) is 3. The molecule has 0 atom stereocenters. The minimum atomic E-state index is -1.21. The summed E-state index contributed by atoms with van der Waals surface area (Å²) < 4.78 is 14.9. The van der Waals surface area contributed by atoms with Gasteiger partial charge in [0, 0.05) is 33.2 Å². The molecule has 1 aliphatic heterocycles. The van der Waals surface area contributed by atoms with Crippen molar-refractivity contribution in [2.75, 3.05) is 39.5 Å². The number of rotatable bonds is 12. The summed E-state index contributed by atoms with van der Waals surface area (Å²) in [6.07, 6.45) is -2.79. The van der Waals surface area contributed by atoms with Crippen LogP contribution in [0.3, 0.4) is 0 Å². The number of carbonyl (C=O) groups is 6. The molecule has 14 nitrogen and oxygen atoms in total. The van der Waals surface area contributed by atoms with E-state index >= 15 is 0 Å².